The van der Waals surface area contributed by atoms with Crippen molar-refractivity contribution in [3.8, 4) is 11.5 Å². The SMILES string of the molecule is O=c1oc(-c2c(F)cccc2F)nc2nccnc12. The highest BCUT2D eigenvalue weighted by Gasteiger charge is 2.17. The molecule has 0 aliphatic carbocycles. The van der Waals surface area contributed by atoms with Gasteiger partial charge in [-0.15, -0.1) is 0 Å². The average Bonchev–Trinajstić information content (AvgIpc) is 2.38. The molecule has 19 heavy (non-hydrogen) atoms. The van der Waals surface area contributed by atoms with Crippen LogP contribution in [0.25, 0.3) is 22.6 Å². The second-order valence-electron chi connectivity index (χ2n) is 3.63. The van der Waals surface area contributed by atoms with Crippen LogP contribution in [0.3, 0.4) is 0 Å². The lowest BCUT2D eigenvalue weighted by Gasteiger charge is -2.02. The number of benzene rings is 1. The van der Waals surface area contributed by atoms with Crippen molar-refractivity contribution in [2.45, 2.75) is 0 Å². The van der Waals surface area contributed by atoms with Crippen LogP contribution in [0.2, 0.25) is 0 Å². The van der Waals surface area contributed by atoms with Crippen LogP contribution in [0, 0.1) is 11.6 Å². The van der Waals surface area contributed by atoms with Crippen molar-refractivity contribution in [1.82, 2.24) is 15.0 Å². The van der Waals surface area contributed by atoms with Crippen LogP contribution in [-0.2, 0) is 0 Å². The van der Waals surface area contributed by atoms with E-state index in [1.54, 1.807) is 0 Å². The van der Waals surface area contributed by atoms with Gasteiger partial charge in [-0.3, -0.25) is 0 Å². The average molecular weight is 261 g/mol. The molecule has 0 unspecified atom stereocenters. The molecule has 0 aliphatic heterocycles. The zero-order valence-electron chi connectivity index (χ0n) is 9.30. The Kier molecular flexibility index (Phi) is 2.52. The number of fused-ring (bicyclic) bond motifs is 1. The molecular weight excluding hydrogens is 256 g/mol. The van der Waals surface area contributed by atoms with E-state index in [0.717, 1.165) is 12.1 Å². The molecule has 3 rings (SSSR count). The molecule has 0 spiro atoms. The summed E-state index contributed by atoms with van der Waals surface area (Å²) in [6, 6.07) is 3.29. The molecule has 2 heterocycles. The lowest BCUT2D eigenvalue weighted by atomic mass is 10.2. The number of aromatic nitrogens is 3. The van der Waals surface area contributed by atoms with E-state index in [1.807, 2.05) is 0 Å². The Bertz CT molecular complexity index is 812. The van der Waals surface area contributed by atoms with Crippen LogP contribution in [0.15, 0.2) is 39.8 Å². The monoisotopic (exact) mass is 261 g/mol. The first kappa shape index (κ1) is 11.4. The molecule has 0 N–H and O–H groups in total. The third-order valence-electron chi connectivity index (χ3n) is 2.45. The highest BCUT2D eigenvalue weighted by molar-refractivity contribution is 5.70. The molecule has 7 heteroatoms. The van der Waals surface area contributed by atoms with Gasteiger partial charge < -0.3 is 4.42 Å². The van der Waals surface area contributed by atoms with E-state index in [2.05, 4.69) is 15.0 Å². The van der Waals surface area contributed by atoms with Gasteiger partial charge in [0.15, 0.2) is 11.2 Å². The van der Waals surface area contributed by atoms with Crippen molar-refractivity contribution in [2.24, 2.45) is 0 Å². The summed E-state index contributed by atoms with van der Waals surface area (Å²) < 4.78 is 32.0. The number of rotatable bonds is 1. The number of hydrogen-bond acceptors (Lipinski definition) is 5. The summed E-state index contributed by atoms with van der Waals surface area (Å²) in [6.07, 6.45) is 2.61. The minimum atomic E-state index is -0.876. The van der Waals surface area contributed by atoms with Crippen LogP contribution in [0.4, 0.5) is 8.78 Å². The Labute approximate surface area is 104 Å². The lowest BCUT2D eigenvalue weighted by Crippen LogP contribution is -2.07. The molecule has 94 valence electrons. The standard InChI is InChI=1S/C12H5F2N3O2/c13-6-2-1-3-7(14)8(6)11-17-10-9(12(18)19-11)15-4-5-16-10/h1-5H. The topological polar surface area (TPSA) is 68.9 Å². The molecule has 0 saturated heterocycles. The van der Waals surface area contributed by atoms with Crippen LogP contribution in [-0.4, -0.2) is 15.0 Å². The Balaban J connectivity index is 2.35. The highest BCUT2D eigenvalue weighted by atomic mass is 19.1. The molecule has 3 aromatic rings. The number of halogens is 2. The molecule has 5 nitrogen and oxygen atoms in total. The fourth-order valence-electron chi connectivity index (χ4n) is 1.62. The zero-order chi connectivity index (χ0) is 13.4. The van der Waals surface area contributed by atoms with Gasteiger partial charge in [0, 0.05) is 12.4 Å². The van der Waals surface area contributed by atoms with E-state index in [0.29, 0.717) is 0 Å². The van der Waals surface area contributed by atoms with Gasteiger partial charge in [-0.05, 0) is 12.1 Å². The van der Waals surface area contributed by atoms with Gasteiger partial charge in [-0.25, -0.2) is 23.5 Å². The van der Waals surface area contributed by atoms with Gasteiger partial charge in [-0.1, -0.05) is 6.07 Å². The Hall–Kier alpha value is -2.70. The molecule has 0 radical (unpaired) electrons. The molecule has 0 amide bonds. The fraction of sp³-hybridized carbons (Fsp3) is 0. The maximum absolute atomic E-state index is 13.6. The minimum Gasteiger partial charge on any atom is -0.402 e. The molecule has 1 aromatic carbocycles. The van der Waals surface area contributed by atoms with Crippen LogP contribution in [0.5, 0.6) is 0 Å². The normalized spacial score (nSPS) is 10.8. The minimum absolute atomic E-state index is 0.0311. The van der Waals surface area contributed by atoms with Gasteiger partial charge in [0.2, 0.25) is 5.89 Å². The summed E-state index contributed by atoms with van der Waals surface area (Å²) in [7, 11) is 0. The third-order valence-corrected chi connectivity index (χ3v) is 2.45. The van der Waals surface area contributed by atoms with E-state index < -0.39 is 28.7 Å². The molecular formula is C12H5F2N3O2. The molecule has 0 saturated carbocycles. The van der Waals surface area contributed by atoms with Crippen LogP contribution >= 0.6 is 0 Å². The fourth-order valence-corrected chi connectivity index (χ4v) is 1.62. The predicted octanol–water partition coefficient (Wildman–Crippen LogP) is 1.92. The van der Waals surface area contributed by atoms with Gasteiger partial charge in [0.1, 0.15) is 17.2 Å². The molecule has 2 aromatic heterocycles. The van der Waals surface area contributed by atoms with E-state index >= 15 is 0 Å². The van der Waals surface area contributed by atoms with Gasteiger partial charge >= 0.3 is 5.63 Å². The second kappa shape index (κ2) is 4.20. The van der Waals surface area contributed by atoms with E-state index in [-0.39, 0.29) is 11.2 Å². The quantitative estimate of drug-likeness (QED) is 0.669. The van der Waals surface area contributed by atoms with Crippen molar-refractivity contribution in [2.75, 3.05) is 0 Å². The van der Waals surface area contributed by atoms with Crippen molar-refractivity contribution in [3.63, 3.8) is 0 Å². The third kappa shape index (κ3) is 1.85. The maximum atomic E-state index is 13.6. The first-order valence-corrected chi connectivity index (χ1v) is 5.23. The molecule has 0 fully saturated rings. The second-order valence-corrected chi connectivity index (χ2v) is 3.63. The molecule has 0 atom stereocenters. The van der Waals surface area contributed by atoms with E-state index in [9.17, 15) is 13.6 Å². The largest absolute Gasteiger partial charge is 0.402 e. The molecule has 0 bridgehead atoms. The zero-order valence-corrected chi connectivity index (χ0v) is 9.30. The summed E-state index contributed by atoms with van der Waals surface area (Å²) in [6.45, 7) is 0. The lowest BCUT2D eigenvalue weighted by molar-refractivity contribution is 0.499. The van der Waals surface area contributed by atoms with E-state index in [1.165, 1.54) is 18.5 Å². The van der Waals surface area contributed by atoms with Crippen molar-refractivity contribution >= 4 is 11.2 Å². The van der Waals surface area contributed by atoms with Crippen molar-refractivity contribution in [3.05, 3.63) is 52.6 Å². The van der Waals surface area contributed by atoms with Gasteiger partial charge in [0.05, 0.1) is 0 Å². The summed E-state index contributed by atoms with van der Waals surface area (Å²) >= 11 is 0. The summed E-state index contributed by atoms with van der Waals surface area (Å²) in [5, 5.41) is 0. The smallest absolute Gasteiger partial charge is 0.367 e. The molecule has 0 aliphatic rings. The Morgan fingerprint density at radius 3 is 2.47 bits per heavy atom. The van der Waals surface area contributed by atoms with E-state index in [4.69, 9.17) is 4.42 Å². The summed E-state index contributed by atoms with van der Waals surface area (Å²) in [5.41, 5.74) is -1.48. The summed E-state index contributed by atoms with van der Waals surface area (Å²) in [5.74, 6) is -2.22. The first-order chi connectivity index (χ1) is 9.16. The summed E-state index contributed by atoms with van der Waals surface area (Å²) in [4.78, 5) is 23.0. The Morgan fingerprint density at radius 1 is 1.05 bits per heavy atom. The highest BCUT2D eigenvalue weighted by Crippen LogP contribution is 2.23. The first-order valence-electron chi connectivity index (χ1n) is 5.23. The maximum Gasteiger partial charge on any atom is 0.367 e. The predicted molar refractivity (Wildman–Crippen MR) is 61.2 cm³/mol. The van der Waals surface area contributed by atoms with Gasteiger partial charge in [-0.2, -0.15) is 4.98 Å². The van der Waals surface area contributed by atoms with Crippen molar-refractivity contribution < 1.29 is 13.2 Å². The number of nitrogens with zero attached hydrogens (tertiary/aromatic N) is 3. The van der Waals surface area contributed by atoms with Crippen LogP contribution in [0.1, 0.15) is 0 Å². The van der Waals surface area contributed by atoms with Crippen LogP contribution < -0.4 is 5.63 Å². The number of hydrogen-bond donors (Lipinski definition) is 0. The Morgan fingerprint density at radius 2 is 1.74 bits per heavy atom. The van der Waals surface area contributed by atoms with Gasteiger partial charge in [0.25, 0.3) is 0 Å². The van der Waals surface area contributed by atoms with Crippen molar-refractivity contribution in [1.29, 1.82) is 0 Å².